The topological polar surface area (TPSA) is 66.5 Å². The maximum Gasteiger partial charge on any atom is 0.256 e. The Balaban J connectivity index is 1.76. The molecular weight excluding hydrogens is 336 g/mol. The van der Waals surface area contributed by atoms with Crippen LogP contribution in [0.1, 0.15) is 29.6 Å². The van der Waals surface area contributed by atoms with Crippen molar-refractivity contribution in [2.45, 2.75) is 24.2 Å². The number of amides is 1. The van der Waals surface area contributed by atoms with Crippen LogP contribution >= 0.6 is 0 Å². The maximum absolute atomic E-state index is 12.5. The first-order chi connectivity index (χ1) is 11.9. The number of piperidine rings is 1. The van der Waals surface area contributed by atoms with Gasteiger partial charge < -0.3 is 10.2 Å². The average Bonchev–Trinajstić information content (AvgIpc) is 2.62. The van der Waals surface area contributed by atoms with Crippen LogP contribution in [0, 0.1) is 0 Å². The summed E-state index contributed by atoms with van der Waals surface area (Å²) in [4.78, 5) is 14.9. The predicted octanol–water partition coefficient (Wildman–Crippen LogP) is 3.33. The van der Waals surface area contributed by atoms with E-state index in [-0.39, 0.29) is 10.5 Å². The highest BCUT2D eigenvalue weighted by molar-refractivity contribution is 7.90. The van der Waals surface area contributed by atoms with Crippen LogP contribution in [0.15, 0.2) is 53.4 Å². The molecule has 1 saturated heterocycles. The van der Waals surface area contributed by atoms with E-state index in [1.807, 2.05) is 24.3 Å². The van der Waals surface area contributed by atoms with Gasteiger partial charge in [0.1, 0.15) is 0 Å². The minimum atomic E-state index is -3.46. The number of anilines is 2. The van der Waals surface area contributed by atoms with E-state index in [0.29, 0.717) is 5.69 Å². The number of carbonyl (C=O) groups excluding carboxylic acids is 1. The van der Waals surface area contributed by atoms with Crippen molar-refractivity contribution in [3.63, 3.8) is 0 Å². The highest BCUT2D eigenvalue weighted by Gasteiger charge is 2.18. The maximum atomic E-state index is 12.5. The molecule has 25 heavy (non-hydrogen) atoms. The normalized spacial score (nSPS) is 15.0. The molecule has 0 atom stereocenters. The summed E-state index contributed by atoms with van der Waals surface area (Å²) in [7, 11) is -3.46. The van der Waals surface area contributed by atoms with Crippen molar-refractivity contribution < 1.29 is 13.2 Å². The first kappa shape index (κ1) is 17.5. The molecule has 2 aromatic rings. The summed E-state index contributed by atoms with van der Waals surface area (Å²) < 4.78 is 23.7. The Kier molecular flexibility index (Phi) is 5.08. The molecule has 1 heterocycles. The lowest BCUT2D eigenvalue weighted by molar-refractivity contribution is 0.102. The van der Waals surface area contributed by atoms with Gasteiger partial charge in [0, 0.05) is 30.7 Å². The SMILES string of the molecule is CS(=O)(=O)c1ccccc1C(=O)Nc1ccc(N2CCCCC2)cc1. The van der Waals surface area contributed by atoms with Gasteiger partial charge in [-0.25, -0.2) is 8.42 Å². The first-order valence-electron chi connectivity index (χ1n) is 8.40. The number of hydrogen-bond acceptors (Lipinski definition) is 4. The van der Waals surface area contributed by atoms with Crippen molar-refractivity contribution in [3.05, 3.63) is 54.1 Å². The summed E-state index contributed by atoms with van der Waals surface area (Å²) >= 11 is 0. The number of carbonyl (C=O) groups is 1. The second-order valence-electron chi connectivity index (χ2n) is 6.32. The largest absolute Gasteiger partial charge is 0.372 e. The first-order valence-corrected chi connectivity index (χ1v) is 10.3. The molecule has 1 aliphatic heterocycles. The Morgan fingerprint density at radius 3 is 2.24 bits per heavy atom. The minimum Gasteiger partial charge on any atom is -0.372 e. The monoisotopic (exact) mass is 358 g/mol. The Bertz CT molecular complexity index is 854. The van der Waals surface area contributed by atoms with Gasteiger partial charge in [-0.2, -0.15) is 0 Å². The summed E-state index contributed by atoms with van der Waals surface area (Å²) in [5, 5.41) is 2.78. The van der Waals surface area contributed by atoms with Crippen molar-refractivity contribution in [2.24, 2.45) is 0 Å². The predicted molar refractivity (Wildman–Crippen MR) is 100 cm³/mol. The van der Waals surface area contributed by atoms with Gasteiger partial charge in [0.15, 0.2) is 9.84 Å². The molecular formula is C19H22N2O3S. The van der Waals surface area contributed by atoms with Gasteiger partial charge in [0.25, 0.3) is 5.91 Å². The smallest absolute Gasteiger partial charge is 0.256 e. The van der Waals surface area contributed by atoms with Crippen LogP contribution in [0.3, 0.4) is 0 Å². The fourth-order valence-corrected chi connectivity index (χ4v) is 3.97. The number of nitrogens with zero attached hydrogens (tertiary/aromatic N) is 1. The Hall–Kier alpha value is -2.34. The molecule has 0 spiro atoms. The molecule has 0 aliphatic carbocycles. The molecule has 0 bridgehead atoms. The lowest BCUT2D eigenvalue weighted by Crippen LogP contribution is -2.29. The van der Waals surface area contributed by atoms with Gasteiger partial charge in [-0.1, -0.05) is 12.1 Å². The summed E-state index contributed by atoms with van der Waals surface area (Å²) in [6, 6.07) is 13.9. The van der Waals surface area contributed by atoms with E-state index in [4.69, 9.17) is 0 Å². The molecule has 3 rings (SSSR count). The molecule has 0 saturated carbocycles. The average molecular weight is 358 g/mol. The van der Waals surface area contributed by atoms with Crippen molar-refractivity contribution in [2.75, 3.05) is 29.6 Å². The number of benzene rings is 2. The molecule has 2 aromatic carbocycles. The van der Waals surface area contributed by atoms with Gasteiger partial charge in [0.2, 0.25) is 0 Å². The van der Waals surface area contributed by atoms with Gasteiger partial charge in [-0.05, 0) is 55.7 Å². The third-order valence-electron chi connectivity index (χ3n) is 4.38. The highest BCUT2D eigenvalue weighted by atomic mass is 32.2. The number of hydrogen-bond donors (Lipinski definition) is 1. The summed E-state index contributed by atoms with van der Waals surface area (Å²) in [5.74, 6) is -0.424. The van der Waals surface area contributed by atoms with Crippen molar-refractivity contribution in [3.8, 4) is 0 Å². The fourth-order valence-electron chi connectivity index (χ4n) is 3.08. The zero-order valence-corrected chi connectivity index (χ0v) is 15.1. The molecule has 1 fully saturated rings. The van der Waals surface area contributed by atoms with E-state index >= 15 is 0 Å². The number of rotatable bonds is 4. The van der Waals surface area contributed by atoms with E-state index < -0.39 is 15.7 Å². The van der Waals surface area contributed by atoms with Crippen LogP contribution in [-0.4, -0.2) is 33.7 Å². The van der Waals surface area contributed by atoms with Crippen molar-refractivity contribution in [1.29, 1.82) is 0 Å². The molecule has 0 unspecified atom stereocenters. The van der Waals surface area contributed by atoms with E-state index in [2.05, 4.69) is 10.2 Å². The van der Waals surface area contributed by atoms with Crippen molar-refractivity contribution >= 4 is 27.1 Å². The van der Waals surface area contributed by atoms with Crippen LogP contribution in [0.2, 0.25) is 0 Å². The second kappa shape index (κ2) is 7.27. The van der Waals surface area contributed by atoms with Gasteiger partial charge in [0.05, 0.1) is 10.5 Å². The standard InChI is InChI=1S/C19H22N2O3S/c1-25(23,24)18-8-4-3-7-17(18)19(22)20-15-9-11-16(12-10-15)21-13-5-2-6-14-21/h3-4,7-12H,2,5-6,13-14H2,1H3,(H,20,22). The Morgan fingerprint density at radius 1 is 0.960 bits per heavy atom. The van der Waals surface area contributed by atoms with Crippen LogP contribution in [0.5, 0.6) is 0 Å². The van der Waals surface area contributed by atoms with E-state index in [9.17, 15) is 13.2 Å². The number of sulfone groups is 1. The highest BCUT2D eigenvalue weighted by Crippen LogP contribution is 2.23. The number of nitrogens with one attached hydrogen (secondary N) is 1. The Morgan fingerprint density at radius 2 is 1.60 bits per heavy atom. The van der Waals surface area contributed by atoms with Gasteiger partial charge >= 0.3 is 0 Å². The molecule has 1 N–H and O–H groups in total. The molecule has 1 amide bonds. The minimum absolute atomic E-state index is 0.0393. The molecule has 0 aromatic heterocycles. The van der Waals surface area contributed by atoms with Crippen LogP contribution < -0.4 is 10.2 Å². The van der Waals surface area contributed by atoms with E-state index in [1.54, 1.807) is 12.1 Å². The van der Waals surface area contributed by atoms with Gasteiger partial charge in [-0.15, -0.1) is 0 Å². The Labute approximate surface area is 148 Å². The molecule has 0 radical (unpaired) electrons. The molecule has 5 nitrogen and oxygen atoms in total. The van der Waals surface area contributed by atoms with E-state index in [0.717, 1.165) is 25.0 Å². The zero-order chi connectivity index (χ0) is 17.9. The summed E-state index contributed by atoms with van der Waals surface area (Å²) in [5.41, 5.74) is 1.95. The molecule has 132 valence electrons. The van der Waals surface area contributed by atoms with Crippen LogP contribution in [-0.2, 0) is 9.84 Å². The fraction of sp³-hybridized carbons (Fsp3) is 0.316. The lowest BCUT2D eigenvalue weighted by atomic mass is 10.1. The van der Waals surface area contributed by atoms with Crippen LogP contribution in [0.25, 0.3) is 0 Å². The lowest BCUT2D eigenvalue weighted by Gasteiger charge is -2.28. The third-order valence-corrected chi connectivity index (χ3v) is 5.53. The third kappa shape index (κ3) is 4.20. The zero-order valence-electron chi connectivity index (χ0n) is 14.2. The second-order valence-corrected chi connectivity index (χ2v) is 8.30. The van der Waals surface area contributed by atoms with Gasteiger partial charge in [-0.3, -0.25) is 4.79 Å². The molecule has 6 heteroatoms. The van der Waals surface area contributed by atoms with E-state index in [1.165, 1.54) is 31.4 Å². The molecule has 1 aliphatic rings. The summed E-state index contributed by atoms with van der Waals surface area (Å²) in [6.07, 6.45) is 4.80. The summed E-state index contributed by atoms with van der Waals surface area (Å²) in [6.45, 7) is 2.13. The van der Waals surface area contributed by atoms with Crippen LogP contribution in [0.4, 0.5) is 11.4 Å². The van der Waals surface area contributed by atoms with Crippen molar-refractivity contribution in [1.82, 2.24) is 0 Å². The quantitative estimate of drug-likeness (QED) is 0.910.